The van der Waals surface area contributed by atoms with Crippen molar-refractivity contribution < 1.29 is 4.79 Å². The zero-order valence-electron chi connectivity index (χ0n) is 17.0. The number of piperidine rings is 1. The van der Waals surface area contributed by atoms with Gasteiger partial charge in [-0.05, 0) is 36.6 Å². The third-order valence-electron chi connectivity index (χ3n) is 4.99. The number of carbonyl (C=O) groups is 1. The first-order chi connectivity index (χ1) is 14.0. The monoisotopic (exact) mass is 395 g/mol. The minimum atomic E-state index is -0.137. The first-order valence-corrected chi connectivity index (χ1v) is 10.1. The second kappa shape index (κ2) is 10.0. The molecule has 1 aliphatic rings. The highest BCUT2D eigenvalue weighted by molar-refractivity contribution is 5.87. The quantitative estimate of drug-likeness (QED) is 0.627. The molecule has 2 aromatic rings. The minimum absolute atomic E-state index is 0.0477. The molecule has 1 saturated heterocycles. The number of hydrogen-bond acceptors (Lipinski definition) is 5. The Balaban J connectivity index is 1.54. The minimum Gasteiger partial charge on any atom is -0.378 e. The molecule has 7 heteroatoms. The summed E-state index contributed by atoms with van der Waals surface area (Å²) in [6.07, 6.45) is 10.3. The number of likely N-dealkylation sites (tertiary alicyclic amines) is 1. The number of aromatic nitrogens is 2. The highest BCUT2D eigenvalue weighted by Gasteiger charge is 2.22. The van der Waals surface area contributed by atoms with Crippen LogP contribution in [-0.2, 0) is 4.79 Å². The molecule has 0 radical (unpaired) electrons. The molecule has 2 aromatic heterocycles. The number of aromatic amines is 1. The van der Waals surface area contributed by atoms with E-state index in [2.05, 4.69) is 34.4 Å². The maximum Gasteiger partial charge on any atom is 0.271 e. The van der Waals surface area contributed by atoms with Crippen molar-refractivity contribution in [3.63, 3.8) is 0 Å². The van der Waals surface area contributed by atoms with Crippen LogP contribution >= 0.6 is 0 Å². The highest BCUT2D eigenvalue weighted by atomic mass is 16.2. The molecule has 3 rings (SSSR count). The zero-order valence-corrected chi connectivity index (χ0v) is 17.0. The third-order valence-corrected chi connectivity index (χ3v) is 4.99. The first-order valence-electron chi connectivity index (χ1n) is 10.1. The summed E-state index contributed by atoms with van der Waals surface area (Å²) in [5.41, 5.74) is 2.35. The predicted molar refractivity (Wildman–Crippen MR) is 116 cm³/mol. The molecule has 154 valence electrons. The summed E-state index contributed by atoms with van der Waals surface area (Å²) in [5, 5.41) is 6.61. The van der Waals surface area contributed by atoms with E-state index in [9.17, 15) is 9.59 Å². The summed E-state index contributed by atoms with van der Waals surface area (Å²) in [5.74, 6) is 0.0477. The zero-order chi connectivity index (χ0) is 20.6. The average molecular weight is 396 g/mol. The van der Waals surface area contributed by atoms with E-state index < -0.39 is 0 Å². The lowest BCUT2D eigenvalue weighted by Gasteiger charge is -2.32. The van der Waals surface area contributed by atoms with Gasteiger partial charge in [0, 0.05) is 61.9 Å². The molecular weight excluding hydrogens is 366 g/mol. The molecule has 0 aromatic carbocycles. The summed E-state index contributed by atoms with van der Waals surface area (Å²) in [6.45, 7) is 6.20. The van der Waals surface area contributed by atoms with Gasteiger partial charge in [0.25, 0.3) is 5.56 Å². The molecule has 1 amide bonds. The van der Waals surface area contributed by atoms with Gasteiger partial charge < -0.3 is 20.5 Å². The van der Waals surface area contributed by atoms with E-state index in [1.54, 1.807) is 24.7 Å². The number of nitrogens with zero attached hydrogens (tertiary/aromatic N) is 2. The van der Waals surface area contributed by atoms with E-state index in [0.29, 0.717) is 31.4 Å². The van der Waals surface area contributed by atoms with Gasteiger partial charge in [0.15, 0.2) is 0 Å². The Bertz CT molecular complexity index is 884. The highest BCUT2D eigenvalue weighted by Crippen LogP contribution is 2.21. The van der Waals surface area contributed by atoms with Gasteiger partial charge in [0.1, 0.15) is 5.69 Å². The molecule has 0 aliphatic carbocycles. The molecular formula is C22H29N5O2. The van der Waals surface area contributed by atoms with Crippen LogP contribution in [0.1, 0.15) is 26.7 Å². The van der Waals surface area contributed by atoms with E-state index in [1.807, 2.05) is 29.2 Å². The smallest absolute Gasteiger partial charge is 0.271 e. The van der Waals surface area contributed by atoms with Crippen LogP contribution in [0, 0.1) is 0 Å². The molecule has 7 nitrogen and oxygen atoms in total. The van der Waals surface area contributed by atoms with Crippen molar-refractivity contribution in [2.75, 3.05) is 25.0 Å². The largest absolute Gasteiger partial charge is 0.378 e. The number of H-pyrrole nitrogens is 1. The molecule has 1 fully saturated rings. The Morgan fingerprint density at radius 1 is 1.28 bits per heavy atom. The molecule has 0 saturated carbocycles. The van der Waals surface area contributed by atoms with Crippen molar-refractivity contribution in [2.24, 2.45) is 0 Å². The van der Waals surface area contributed by atoms with Crippen LogP contribution in [0.25, 0.3) is 11.1 Å². The summed E-state index contributed by atoms with van der Waals surface area (Å²) in [7, 11) is 0. The first kappa shape index (κ1) is 20.8. The second-order valence-electron chi connectivity index (χ2n) is 7.58. The average Bonchev–Trinajstić information content (AvgIpc) is 2.73. The second-order valence-corrected chi connectivity index (χ2v) is 7.58. The molecule has 0 unspecified atom stereocenters. The molecule has 29 heavy (non-hydrogen) atoms. The van der Waals surface area contributed by atoms with Crippen LogP contribution in [0.2, 0.25) is 0 Å². The fraction of sp³-hybridized carbons (Fsp3) is 0.409. The number of carbonyl (C=O) groups excluding carboxylic acids is 1. The van der Waals surface area contributed by atoms with E-state index in [4.69, 9.17) is 0 Å². The molecule has 0 spiro atoms. The van der Waals surface area contributed by atoms with E-state index in [0.717, 1.165) is 24.0 Å². The number of anilines is 1. The van der Waals surface area contributed by atoms with Crippen LogP contribution in [0.4, 0.5) is 5.69 Å². The normalized spacial score (nSPS) is 15.2. The number of rotatable bonds is 7. The van der Waals surface area contributed by atoms with Crippen LogP contribution in [0.15, 0.2) is 53.7 Å². The lowest BCUT2D eigenvalue weighted by molar-refractivity contribution is -0.126. The number of nitrogens with one attached hydrogen (secondary N) is 3. The van der Waals surface area contributed by atoms with Gasteiger partial charge in [-0.15, -0.1) is 0 Å². The van der Waals surface area contributed by atoms with Gasteiger partial charge in [0.2, 0.25) is 5.91 Å². The number of amides is 1. The van der Waals surface area contributed by atoms with Crippen LogP contribution in [0.3, 0.4) is 0 Å². The third kappa shape index (κ3) is 6.02. The van der Waals surface area contributed by atoms with Crippen molar-refractivity contribution in [1.82, 2.24) is 20.2 Å². The summed E-state index contributed by atoms with van der Waals surface area (Å²) in [6, 6.07) is 6.25. The summed E-state index contributed by atoms with van der Waals surface area (Å²) >= 11 is 0. The molecule has 3 heterocycles. The van der Waals surface area contributed by atoms with Crippen molar-refractivity contribution in [3.8, 4) is 11.1 Å². The van der Waals surface area contributed by atoms with Gasteiger partial charge in [-0.3, -0.25) is 14.6 Å². The van der Waals surface area contributed by atoms with Gasteiger partial charge in [-0.2, -0.15) is 0 Å². The molecule has 3 N–H and O–H groups in total. The van der Waals surface area contributed by atoms with E-state index in [1.165, 1.54) is 0 Å². The fourth-order valence-corrected chi connectivity index (χ4v) is 3.34. The van der Waals surface area contributed by atoms with Crippen molar-refractivity contribution in [2.45, 2.75) is 38.8 Å². The van der Waals surface area contributed by atoms with Crippen molar-refractivity contribution in [1.29, 1.82) is 0 Å². The van der Waals surface area contributed by atoms with E-state index >= 15 is 0 Å². The number of pyridine rings is 2. The Morgan fingerprint density at radius 2 is 2.00 bits per heavy atom. The topological polar surface area (TPSA) is 90.1 Å². The molecule has 0 bridgehead atoms. The summed E-state index contributed by atoms with van der Waals surface area (Å²) < 4.78 is 0. The van der Waals surface area contributed by atoms with Crippen LogP contribution < -0.4 is 16.2 Å². The van der Waals surface area contributed by atoms with Crippen molar-refractivity contribution >= 4 is 11.6 Å². The van der Waals surface area contributed by atoms with Gasteiger partial charge in [-0.1, -0.05) is 19.9 Å². The lowest BCUT2D eigenvalue weighted by atomic mass is 10.0. The lowest BCUT2D eigenvalue weighted by Crippen LogP contribution is -2.42. The Morgan fingerprint density at radius 3 is 2.69 bits per heavy atom. The summed E-state index contributed by atoms with van der Waals surface area (Å²) in [4.78, 5) is 33.2. The number of hydrogen-bond donors (Lipinski definition) is 3. The maximum absolute atomic E-state index is 12.3. The Labute approximate surface area is 171 Å². The van der Waals surface area contributed by atoms with Gasteiger partial charge in [0.05, 0.1) is 0 Å². The van der Waals surface area contributed by atoms with E-state index in [-0.39, 0.29) is 17.5 Å². The van der Waals surface area contributed by atoms with Crippen LogP contribution in [0.5, 0.6) is 0 Å². The Hall–Kier alpha value is -2.93. The van der Waals surface area contributed by atoms with Crippen molar-refractivity contribution in [3.05, 3.63) is 59.3 Å². The van der Waals surface area contributed by atoms with Crippen LogP contribution in [-0.4, -0.2) is 52.5 Å². The standard InChI is InChI=1S/C22H29N5O2/c1-16(2)24-9-3-4-21(28)27-12-7-19(8-13-27)26-20-14-18(15-25-22(20)29)17-5-10-23-11-6-17/h3-6,10-11,14-16,19,24,26H,7-9,12-13H2,1-2H3,(H,25,29)/b4-3+. The van der Waals surface area contributed by atoms with Gasteiger partial charge >= 0.3 is 0 Å². The molecule has 0 atom stereocenters. The maximum atomic E-state index is 12.3. The SMILES string of the molecule is CC(C)NC/C=C/C(=O)N1CCC(Nc2cc(-c3ccncc3)c[nH]c2=O)CC1. The van der Waals surface area contributed by atoms with Gasteiger partial charge in [-0.25, -0.2) is 0 Å². The Kier molecular flexibility index (Phi) is 7.19. The fourth-order valence-electron chi connectivity index (χ4n) is 3.34. The predicted octanol–water partition coefficient (Wildman–Crippen LogP) is 2.39. The molecule has 1 aliphatic heterocycles.